The molecule has 0 saturated carbocycles. The number of ether oxygens (including phenoxy) is 1. The lowest BCUT2D eigenvalue weighted by molar-refractivity contribution is 0.411. The molecule has 0 amide bonds. The summed E-state index contributed by atoms with van der Waals surface area (Å²) in [6, 6.07) is 4.62. The molecule has 1 aromatic carbocycles. The number of hydrogen-bond acceptors (Lipinski definition) is 6. The van der Waals surface area contributed by atoms with Crippen molar-refractivity contribution in [3.05, 3.63) is 24.0 Å². The van der Waals surface area contributed by atoms with Gasteiger partial charge in [0.15, 0.2) is 5.65 Å². The number of methoxy groups -OCH3 is 1. The van der Waals surface area contributed by atoms with Crippen molar-refractivity contribution in [3.8, 4) is 17.0 Å². The Kier molecular flexibility index (Phi) is 4.43. The molecule has 0 unspecified atom stereocenters. The standard InChI is InChI=1S/C17H21FN6O/c1-9(2)8-20-17-21-14(11-6-5-10(25-4)7-12(11)18)13-15(19)24(3)23-16(13)22-17/h5-7,9H,8,19H2,1-4H3,(H,20,22,23). The molecule has 0 bridgehead atoms. The number of aromatic nitrogens is 4. The summed E-state index contributed by atoms with van der Waals surface area (Å²) in [6.45, 7) is 4.85. The van der Waals surface area contributed by atoms with Gasteiger partial charge in [0.25, 0.3) is 0 Å². The van der Waals surface area contributed by atoms with Crippen LogP contribution in [0.2, 0.25) is 0 Å². The van der Waals surface area contributed by atoms with Crippen LogP contribution in [0.25, 0.3) is 22.3 Å². The van der Waals surface area contributed by atoms with E-state index in [4.69, 9.17) is 10.5 Å². The lowest BCUT2D eigenvalue weighted by atomic mass is 10.1. The van der Waals surface area contributed by atoms with Gasteiger partial charge in [-0.25, -0.2) is 9.37 Å². The van der Waals surface area contributed by atoms with E-state index in [0.29, 0.717) is 52.3 Å². The molecule has 3 rings (SSSR count). The first kappa shape index (κ1) is 16.9. The number of anilines is 2. The Morgan fingerprint density at radius 2 is 2.08 bits per heavy atom. The highest BCUT2D eigenvalue weighted by Gasteiger charge is 2.19. The molecular weight excluding hydrogens is 323 g/mol. The number of aryl methyl sites for hydroxylation is 1. The van der Waals surface area contributed by atoms with Crippen molar-refractivity contribution in [1.29, 1.82) is 0 Å². The summed E-state index contributed by atoms with van der Waals surface area (Å²) >= 11 is 0. The van der Waals surface area contributed by atoms with E-state index in [2.05, 4.69) is 34.2 Å². The van der Waals surface area contributed by atoms with E-state index in [1.807, 2.05) is 0 Å². The Balaban J connectivity index is 2.20. The SMILES string of the molecule is COc1ccc(-c2nc(NCC(C)C)nc3nn(C)c(N)c23)c(F)c1. The quantitative estimate of drug-likeness (QED) is 0.739. The van der Waals surface area contributed by atoms with Crippen LogP contribution in [0.3, 0.4) is 0 Å². The minimum atomic E-state index is -0.447. The van der Waals surface area contributed by atoms with Crippen LogP contribution in [0.1, 0.15) is 13.8 Å². The number of nitrogens with one attached hydrogen (secondary N) is 1. The summed E-state index contributed by atoms with van der Waals surface area (Å²) in [5.74, 6) is 1.18. The Morgan fingerprint density at radius 1 is 1.32 bits per heavy atom. The lowest BCUT2D eigenvalue weighted by Crippen LogP contribution is -2.11. The molecule has 2 aromatic heterocycles. The number of nitrogens with zero attached hydrogens (tertiary/aromatic N) is 4. The van der Waals surface area contributed by atoms with Gasteiger partial charge in [-0.05, 0) is 18.1 Å². The third-order valence-electron chi connectivity index (χ3n) is 3.84. The third-order valence-corrected chi connectivity index (χ3v) is 3.84. The highest BCUT2D eigenvalue weighted by Crippen LogP contribution is 2.33. The first-order chi connectivity index (χ1) is 11.9. The zero-order chi connectivity index (χ0) is 18.1. The lowest BCUT2D eigenvalue weighted by Gasteiger charge is -2.11. The maximum atomic E-state index is 14.6. The molecule has 3 N–H and O–H groups in total. The topological polar surface area (TPSA) is 90.9 Å². The van der Waals surface area contributed by atoms with E-state index in [9.17, 15) is 4.39 Å². The van der Waals surface area contributed by atoms with Crippen LogP contribution in [0.4, 0.5) is 16.2 Å². The predicted molar refractivity (Wildman–Crippen MR) is 96.0 cm³/mol. The second-order valence-corrected chi connectivity index (χ2v) is 6.22. The summed E-state index contributed by atoms with van der Waals surface area (Å²) in [7, 11) is 3.21. The number of nitrogens with two attached hydrogens (primary N) is 1. The highest BCUT2D eigenvalue weighted by molar-refractivity contribution is 5.99. The van der Waals surface area contributed by atoms with Crippen molar-refractivity contribution in [2.45, 2.75) is 13.8 Å². The molecule has 0 fully saturated rings. The van der Waals surface area contributed by atoms with Crippen molar-refractivity contribution in [2.75, 3.05) is 24.7 Å². The zero-order valence-electron chi connectivity index (χ0n) is 14.7. The van der Waals surface area contributed by atoms with Gasteiger partial charge in [-0.15, -0.1) is 0 Å². The number of fused-ring (bicyclic) bond motifs is 1. The fourth-order valence-corrected chi connectivity index (χ4v) is 2.50. The van der Waals surface area contributed by atoms with Crippen molar-refractivity contribution in [2.24, 2.45) is 13.0 Å². The third kappa shape index (κ3) is 3.19. The first-order valence-corrected chi connectivity index (χ1v) is 7.98. The maximum absolute atomic E-state index is 14.6. The van der Waals surface area contributed by atoms with Crippen LogP contribution < -0.4 is 15.8 Å². The molecule has 0 aliphatic carbocycles. The van der Waals surface area contributed by atoms with Gasteiger partial charge in [0.1, 0.15) is 17.4 Å². The van der Waals surface area contributed by atoms with Gasteiger partial charge in [-0.2, -0.15) is 10.1 Å². The second-order valence-electron chi connectivity index (χ2n) is 6.22. The molecule has 0 spiro atoms. The Labute approximate surface area is 145 Å². The van der Waals surface area contributed by atoms with Crippen molar-refractivity contribution < 1.29 is 9.13 Å². The summed E-state index contributed by atoms with van der Waals surface area (Å²) in [6.07, 6.45) is 0. The van der Waals surface area contributed by atoms with E-state index in [1.54, 1.807) is 19.2 Å². The van der Waals surface area contributed by atoms with Crippen LogP contribution >= 0.6 is 0 Å². The molecule has 0 atom stereocenters. The fourth-order valence-electron chi connectivity index (χ4n) is 2.50. The normalized spacial score (nSPS) is 11.3. The van der Waals surface area contributed by atoms with Crippen molar-refractivity contribution >= 4 is 22.8 Å². The van der Waals surface area contributed by atoms with Gasteiger partial charge in [0, 0.05) is 25.2 Å². The van der Waals surface area contributed by atoms with Crippen molar-refractivity contribution in [1.82, 2.24) is 19.7 Å². The Bertz CT molecular complexity index is 921. The molecule has 0 radical (unpaired) electrons. The molecule has 25 heavy (non-hydrogen) atoms. The minimum absolute atomic E-state index is 0.320. The summed E-state index contributed by atoms with van der Waals surface area (Å²) < 4.78 is 21.2. The van der Waals surface area contributed by atoms with Gasteiger partial charge >= 0.3 is 0 Å². The number of benzene rings is 1. The van der Waals surface area contributed by atoms with Gasteiger partial charge < -0.3 is 15.8 Å². The molecule has 0 saturated heterocycles. The monoisotopic (exact) mass is 344 g/mol. The van der Waals surface area contributed by atoms with Crippen LogP contribution in [0.5, 0.6) is 5.75 Å². The van der Waals surface area contributed by atoms with E-state index in [-0.39, 0.29) is 0 Å². The van der Waals surface area contributed by atoms with E-state index in [0.717, 1.165) is 0 Å². The van der Waals surface area contributed by atoms with Gasteiger partial charge in [0.05, 0.1) is 18.2 Å². The second kappa shape index (κ2) is 6.54. The Morgan fingerprint density at radius 3 is 2.72 bits per heavy atom. The number of hydrogen-bond donors (Lipinski definition) is 2. The molecule has 8 heteroatoms. The van der Waals surface area contributed by atoms with Gasteiger partial charge in [-0.1, -0.05) is 13.8 Å². The number of halogens is 1. The molecule has 132 valence electrons. The maximum Gasteiger partial charge on any atom is 0.225 e. The van der Waals surface area contributed by atoms with E-state index < -0.39 is 5.82 Å². The minimum Gasteiger partial charge on any atom is -0.497 e. The van der Waals surface area contributed by atoms with E-state index >= 15 is 0 Å². The molecular formula is C17H21FN6O. The molecule has 0 aliphatic rings. The first-order valence-electron chi connectivity index (χ1n) is 7.98. The van der Waals surface area contributed by atoms with Crippen LogP contribution in [0, 0.1) is 11.7 Å². The molecule has 7 nitrogen and oxygen atoms in total. The zero-order valence-corrected chi connectivity index (χ0v) is 14.7. The summed E-state index contributed by atoms with van der Waals surface area (Å²) in [4.78, 5) is 8.89. The average Bonchev–Trinajstić information content (AvgIpc) is 2.86. The molecule has 2 heterocycles. The van der Waals surface area contributed by atoms with E-state index in [1.165, 1.54) is 17.9 Å². The number of nitrogen functional groups attached to an aromatic ring is 1. The largest absolute Gasteiger partial charge is 0.497 e. The van der Waals surface area contributed by atoms with Crippen LogP contribution in [0.15, 0.2) is 18.2 Å². The highest BCUT2D eigenvalue weighted by atomic mass is 19.1. The Hall–Kier alpha value is -2.90. The smallest absolute Gasteiger partial charge is 0.225 e. The van der Waals surface area contributed by atoms with Gasteiger partial charge in [0.2, 0.25) is 5.95 Å². The summed E-state index contributed by atoms with van der Waals surface area (Å²) in [5.41, 5.74) is 7.25. The average molecular weight is 344 g/mol. The molecule has 3 aromatic rings. The van der Waals surface area contributed by atoms with Gasteiger partial charge in [-0.3, -0.25) is 4.68 Å². The van der Waals surface area contributed by atoms with Crippen LogP contribution in [-0.4, -0.2) is 33.4 Å². The number of rotatable bonds is 5. The van der Waals surface area contributed by atoms with Crippen molar-refractivity contribution in [3.63, 3.8) is 0 Å². The summed E-state index contributed by atoms with van der Waals surface area (Å²) in [5, 5.41) is 7.99. The van der Waals surface area contributed by atoms with Crippen LogP contribution in [-0.2, 0) is 7.05 Å². The predicted octanol–water partition coefficient (Wildman–Crippen LogP) is 2.83. The fraction of sp³-hybridized carbons (Fsp3) is 0.353. The molecule has 0 aliphatic heterocycles.